The van der Waals surface area contributed by atoms with Crippen LogP contribution in [-0.4, -0.2) is 69.7 Å². The molecule has 0 bridgehead atoms. The van der Waals surface area contributed by atoms with Gasteiger partial charge in [0.25, 0.3) is 0 Å². The molecule has 0 radical (unpaired) electrons. The number of hydrogen-bond acceptors (Lipinski definition) is 6. The highest BCUT2D eigenvalue weighted by molar-refractivity contribution is 5.95. The molecule has 4 unspecified atom stereocenters. The van der Waals surface area contributed by atoms with Crippen LogP contribution in [-0.2, 0) is 32.0 Å². The summed E-state index contributed by atoms with van der Waals surface area (Å²) in [6, 6.07) is 11.8. The molecule has 0 fully saturated rings. The average molecular weight is 552 g/mol. The van der Waals surface area contributed by atoms with Crippen molar-refractivity contribution in [3.63, 3.8) is 0 Å². The van der Waals surface area contributed by atoms with E-state index in [1.54, 1.807) is 30.5 Å². The first-order chi connectivity index (χ1) is 19.1. The molecule has 3 rings (SSSR count). The van der Waals surface area contributed by atoms with Crippen LogP contribution >= 0.6 is 0 Å². The van der Waals surface area contributed by atoms with Crippen molar-refractivity contribution in [1.82, 2.24) is 20.9 Å². The van der Waals surface area contributed by atoms with Crippen molar-refractivity contribution in [2.75, 3.05) is 6.61 Å². The zero-order valence-corrected chi connectivity index (χ0v) is 22.6. The second-order valence-electron chi connectivity index (χ2n) is 10.2. The van der Waals surface area contributed by atoms with Gasteiger partial charge in [0.05, 0.1) is 6.61 Å². The molecule has 3 amide bonds. The Morgan fingerprint density at radius 1 is 0.825 bits per heavy atom. The minimum absolute atomic E-state index is 0.0158. The molecule has 40 heavy (non-hydrogen) atoms. The van der Waals surface area contributed by atoms with Crippen molar-refractivity contribution in [2.24, 2.45) is 11.7 Å². The van der Waals surface area contributed by atoms with Gasteiger partial charge in [0.2, 0.25) is 17.7 Å². The summed E-state index contributed by atoms with van der Waals surface area (Å²) in [5.41, 5.74) is 8.02. The van der Waals surface area contributed by atoms with E-state index >= 15 is 0 Å². The van der Waals surface area contributed by atoms with Gasteiger partial charge >= 0.3 is 5.97 Å². The number of amides is 3. The number of carbonyl (C=O) groups is 4. The van der Waals surface area contributed by atoms with Crippen molar-refractivity contribution in [3.05, 3.63) is 71.9 Å². The molecule has 214 valence electrons. The highest BCUT2D eigenvalue weighted by Gasteiger charge is 2.31. The predicted molar refractivity (Wildman–Crippen MR) is 150 cm³/mol. The molecule has 11 heteroatoms. The fraction of sp³-hybridized carbons (Fsp3) is 0.379. The lowest BCUT2D eigenvalue weighted by Gasteiger charge is -2.26. The molecule has 0 aliphatic heterocycles. The van der Waals surface area contributed by atoms with Gasteiger partial charge in [0, 0.05) is 29.9 Å². The Morgan fingerprint density at radius 3 is 2.08 bits per heavy atom. The lowest BCUT2D eigenvalue weighted by molar-refractivity contribution is -0.142. The fourth-order valence-corrected chi connectivity index (χ4v) is 4.39. The van der Waals surface area contributed by atoms with Crippen molar-refractivity contribution in [1.29, 1.82) is 0 Å². The van der Waals surface area contributed by atoms with Crippen molar-refractivity contribution in [3.8, 4) is 0 Å². The number of carboxylic acid groups (broad SMARTS) is 1. The minimum Gasteiger partial charge on any atom is -0.480 e. The zero-order valence-electron chi connectivity index (χ0n) is 22.6. The second kappa shape index (κ2) is 14.2. The molecule has 0 aliphatic rings. The smallest absolute Gasteiger partial charge is 0.326 e. The van der Waals surface area contributed by atoms with Crippen molar-refractivity contribution < 1.29 is 29.4 Å². The standard InChI is InChI=1S/C29H37N5O6/c1-17(2)12-23(27(37)34-25(29(39)40)13-18-8-4-3-5-9-18)33-28(38)24(32-26(36)21(30)16-35)14-19-15-31-22-11-7-6-10-20(19)22/h3-11,15,17,21,23-25,31,35H,12-14,16,30H2,1-2H3,(H,32,36)(H,33,38)(H,34,37)(H,39,40). The van der Waals surface area contributed by atoms with Crippen LogP contribution < -0.4 is 21.7 Å². The Hall–Kier alpha value is -4.22. The number of aliphatic hydroxyl groups excluding tert-OH is 1. The van der Waals surface area contributed by atoms with Gasteiger partial charge in [-0.05, 0) is 29.5 Å². The molecule has 8 N–H and O–H groups in total. The number of nitrogens with two attached hydrogens (primary N) is 1. The SMILES string of the molecule is CC(C)CC(NC(=O)C(Cc1c[nH]c2ccccc12)NC(=O)C(N)CO)C(=O)NC(Cc1ccccc1)C(=O)O. The van der Waals surface area contributed by atoms with Crippen LogP contribution in [0.5, 0.6) is 0 Å². The van der Waals surface area contributed by atoms with Gasteiger partial charge in [-0.2, -0.15) is 0 Å². The molecular formula is C29H37N5O6. The number of carboxylic acids is 1. The largest absolute Gasteiger partial charge is 0.480 e. The Bertz CT molecular complexity index is 1310. The van der Waals surface area contributed by atoms with Crippen molar-refractivity contribution in [2.45, 2.75) is 57.3 Å². The zero-order chi connectivity index (χ0) is 29.2. The summed E-state index contributed by atoms with van der Waals surface area (Å²) in [6.45, 7) is 3.14. The summed E-state index contributed by atoms with van der Waals surface area (Å²) in [5, 5.41) is 27.8. The Kier molecular flexibility index (Phi) is 10.8. The van der Waals surface area contributed by atoms with Crippen LogP contribution in [0.1, 0.15) is 31.4 Å². The van der Waals surface area contributed by atoms with Gasteiger partial charge in [0.1, 0.15) is 24.2 Å². The molecule has 0 spiro atoms. The molecule has 0 saturated carbocycles. The lowest BCUT2D eigenvalue weighted by atomic mass is 9.99. The van der Waals surface area contributed by atoms with Crippen LogP contribution in [0.4, 0.5) is 0 Å². The second-order valence-corrected chi connectivity index (χ2v) is 10.2. The number of rotatable bonds is 14. The van der Waals surface area contributed by atoms with Gasteiger partial charge in [-0.1, -0.05) is 62.4 Å². The van der Waals surface area contributed by atoms with E-state index in [-0.39, 0.29) is 25.2 Å². The number of fused-ring (bicyclic) bond motifs is 1. The molecule has 3 aromatic rings. The third kappa shape index (κ3) is 8.39. The number of nitrogens with one attached hydrogen (secondary N) is 4. The number of aliphatic hydroxyl groups is 1. The quantitative estimate of drug-likeness (QED) is 0.155. The Labute approximate surface area is 232 Å². The first-order valence-electron chi connectivity index (χ1n) is 13.2. The first kappa shape index (κ1) is 30.3. The van der Waals surface area contributed by atoms with Crippen LogP contribution in [0.15, 0.2) is 60.8 Å². The molecule has 0 saturated heterocycles. The molecule has 11 nitrogen and oxygen atoms in total. The summed E-state index contributed by atoms with van der Waals surface area (Å²) in [7, 11) is 0. The van der Waals surface area contributed by atoms with E-state index in [4.69, 9.17) is 5.73 Å². The van der Waals surface area contributed by atoms with E-state index in [1.807, 2.05) is 44.2 Å². The van der Waals surface area contributed by atoms with E-state index in [1.165, 1.54) is 0 Å². The number of H-pyrrole nitrogens is 1. The van der Waals surface area contributed by atoms with Gasteiger partial charge in [-0.25, -0.2) is 4.79 Å². The maximum Gasteiger partial charge on any atom is 0.326 e. The number of carbonyl (C=O) groups excluding carboxylic acids is 3. The fourth-order valence-electron chi connectivity index (χ4n) is 4.39. The summed E-state index contributed by atoms with van der Waals surface area (Å²) in [5.74, 6) is -3.22. The number of aromatic nitrogens is 1. The Balaban J connectivity index is 1.81. The van der Waals surface area contributed by atoms with E-state index in [0.717, 1.165) is 22.0 Å². The van der Waals surface area contributed by atoms with Crippen LogP contribution in [0, 0.1) is 5.92 Å². The highest BCUT2D eigenvalue weighted by Crippen LogP contribution is 2.19. The van der Waals surface area contributed by atoms with E-state index in [0.29, 0.717) is 0 Å². The third-order valence-corrected chi connectivity index (χ3v) is 6.50. The molecular weight excluding hydrogens is 514 g/mol. The maximum atomic E-state index is 13.5. The molecule has 2 aromatic carbocycles. The van der Waals surface area contributed by atoms with Crippen LogP contribution in [0.3, 0.4) is 0 Å². The van der Waals surface area contributed by atoms with Gasteiger partial charge in [-0.3, -0.25) is 14.4 Å². The summed E-state index contributed by atoms with van der Waals surface area (Å²) in [4.78, 5) is 54.4. The van der Waals surface area contributed by atoms with Gasteiger partial charge < -0.3 is 36.9 Å². The number of para-hydroxylation sites is 1. The number of aromatic amines is 1. The first-order valence-corrected chi connectivity index (χ1v) is 13.2. The normalized spacial score (nSPS) is 14.2. The highest BCUT2D eigenvalue weighted by atomic mass is 16.4. The van der Waals surface area contributed by atoms with E-state index in [9.17, 15) is 29.4 Å². The van der Waals surface area contributed by atoms with E-state index < -0.39 is 54.5 Å². The van der Waals surface area contributed by atoms with Crippen molar-refractivity contribution >= 4 is 34.6 Å². The van der Waals surface area contributed by atoms with Gasteiger partial charge in [0.15, 0.2) is 0 Å². The summed E-state index contributed by atoms with van der Waals surface area (Å²) >= 11 is 0. The molecule has 1 aromatic heterocycles. The number of aliphatic carboxylic acids is 1. The van der Waals surface area contributed by atoms with Crippen LogP contribution in [0.25, 0.3) is 10.9 Å². The van der Waals surface area contributed by atoms with E-state index in [2.05, 4.69) is 20.9 Å². The molecule has 0 aliphatic carbocycles. The maximum absolute atomic E-state index is 13.5. The lowest BCUT2D eigenvalue weighted by Crippen LogP contribution is -2.58. The topological polar surface area (TPSA) is 187 Å². The monoisotopic (exact) mass is 551 g/mol. The Morgan fingerprint density at radius 2 is 1.43 bits per heavy atom. The predicted octanol–water partition coefficient (Wildman–Crippen LogP) is 0.858. The molecule has 4 atom stereocenters. The molecule has 1 heterocycles. The summed E-state index contributed by atoms with van der Waals surface area (Å²) in [6.07, 6.45) is 2.13. The number of hydrogen-bond donors (Lipinski definition) is 7. The third-order valence-electron chi connectivity index (χ3n) is 6.50. The summed E-state index contributed by atoms with van der Waals surface area (Å²) < 4.78 is 0. The number of benzene rings is 2. The average Bonchev–Trinajstić information content (AvgIpc) is 3.34. The van der Waals surface area contributed by atoms with Crippen LogP contribution in [0.2, 0.25) is 0 Å². The van der Waals surface area contributed by atoms with Gasteiger partial charge in [-0.15, -0.1) is 0 Å². The minimum atomic E-state index is -1.23.